The summed E-state index contributed by atoms with van der Waals surface area (Å²) in [4.78, 5) is 2.40. The van der Waals surface area contributed by atoms with Crippen LogP contribution in [0.1, 0.15) is 39.5 Å². The second-order valence-electron chi connectivity index (χ2n) is 4.62. The van der Waals surface area contributed by atoms with E-state index in [2.05, 4.69) is 18.4 Å². The Kier molecular flexibility index (Phi) is 4.14. The Labute approximate surface area is 87.6 Å². The van der Waals surface area contributed by atoms with Gasteiger partial charge >= 0.3 is 0 Å². The fourth-order valence-electron chi connectivity index (χ4n) is 2.16. The second-order valence-corrected chi connectivity index (χ2v) is 4.62. The first-order valence-corrected chi connectivity index (χ1v) is 5.65. The number of nitrogens with zero attached hydrogens (tertiary/aromatic N) is 1. The van der Waals surface area contributed by atoms with Gasteiger partial charge in [-0.2, -0.15) is 0 Å². The molecule has 0 bridgehead atoms. The fraction of sp³-hybridized carbons (Fsp3) is 0.833. The maximum absolute atomic E-state index is 10.2. The number of piperidine rings is 1. The Morgan fingerprint density at radius 3 is 2.50 bits per heavy atom. The van der Waals surface area contributed by atoms with Gasteiger partial charge in [0.25, 0.3) is 0 Å². The zero-order chi connectivity index (χ0) is 10.6. The lowest BCUT2D eigenvalue weighted by Gasteiger charge is -2.40. The van der Waals surface area contributed by atoms with E-state index < -0.39 is 5.60 Å². The van der Waals surface area contributed by atoms with Crippen LogP contribution in [0.15, 0.2) is 12.7 Å². The Hall–Kier alpha value is -0.340. The minimum atomic E-state index is -0.626. The number of rotatable bonds is 4. The molecule has 0 aromatic rings. The third-order valence-corrected chi connectivity index (χ3v) is 3.40. The monoisotopic (exact) mass is 197 g/mol. The van der Waals surface area contributed by atoms with Crippen LogP contribution < -0.4 is 0 Å². The van der Waals surface area contributed by atoms with Crippen molar-refractivity contribution in [3.05, 3.63) is 12.7 Å². The van der Waals surface area contributed by atoms with E-state index in [0.717, 1.165) is 13.1 Å². The minimum Gasteiger partial charge on any atom is -0.388 e. The minimum absolute atomic E-state index is 0.237. The van der Waals surface area contributed by atoms with Gasteiger partial charge in [0.1, 0.15) is 0 Å². The molecule has 0 amide bonds. The standard InChI is InChI=1S/C12H23NO/c1-4-8-12(3,14)11(2)13-9-6-5-7-10-13/h4,11,14H,1,5-10H2,2-3H3/t11-,12+/m1/s1. The lowest BCUT2D eigenvalue weighted by atomic mass is 9.91. The molecule has 82 valence electrons. The number of hydrogen-bond acceptors (Lipinski definition) is 2. The average Bonchev–Trinajstić information content (AvgIpc) is 2.18. The highest BCUT2D eigenvalue weighted by molar-refractivity contribution is 4.92. The lowest BCUT2D eigenvalue weighted by molar-refractivity contribution is -0.0297. The van der Waals surface area contributed by atoms with E-state index in [1.165, 1.54) is 19.3 Å². The zero-order valence-electron chi connectivity index (χ0n) is 9.50. The third-order valence-electron chi connectivity index (χ3n) is 3.40. The van der Waals surface area contributed by atoms with Crippen LogP contribution in [0.2, 0.25) is 0 Å². The molecule has 1 rings (SSSR count). The molecule has 0 aliphatic carbocycles. The van der Waals surface area contributed by atoms with Crippen LogP contribution in [0.5, 0.6) is 0 Å². The van der Waals surface area contributed by atoms with Crippen molar-refractivity contribution in [1.29, 1.82) is 0 Å². The molecule has 0 aromatic carbocycles. The molecule has 1 fully saturated rings. The van der Waals surface area contributed by atoms with Crippen molar-refractivity contribution in [3.63, 3.8) is 0 Å². The Bertz CT molecular complexity index is 183. The smallest absolute Gasteiger partial charge is 0.0805 e. The summed E-state index contributed by atoms with van der Waals surface area (Å²) in [6.45, 7) is 9.99. The van der Waals surface area contributed by atoms with Gasteiger partial charge in [0.05, 0.1) is 5.60 Å². The first-order chi connectivity index (χ1) is 6.58. The van der Waals surface area contributed by atoms with Crippen LogP contribution in [0.25, 0.3) is 0 Å². The van der Waals surface area contributed by atoms with Crippen LogP contribution in [0.4, 0.5) is 0 Å². The summed E-state index contributed by atoms with van der Waals surface area (Å²) in [6, 6.07) is 0.237. The predicted molar refractivity (Wildman–Crippen MR) is 60.3 cm³/mol. The van der Waals surface area contributed by atoms with Crippen molar-refractivity contribution >= 4 is 0 Å². The third kappa shape index (κ3) is 2.82. The van der Waals surface area contributed by atoms with Crippen LogP contribution in [0.3, 0.4) is 0 Å². The van der Waals surface area contributed by atoms with Crippen molar-refractivity contribution in [2.24, 2.45) is 0 Å². The van der Waals surface area contributed by atoms with Crippen molar-refractivity contribution in [1.82, 2.24) is 4.90 Å². The van der Waals surface area contributed by atoms with E-state index in [0.29, 0.717) is 6.42 Å². The molecule has 0 aromatic heterocycles. The highest BCUT2D eigenvalue weighted by atomic mass is 16.3. The van der Waals surface area contributed by atoms with E-state index in [-0.39, 0.29) is 6.04 Å². The molecular weight excluding hydrogens is 174 g/mol. The molecule has 0 radical (unpaired) electrons. The van der Waals surface area contributed by atoms with Gasteiger partial charge in [-0.25, -0.2) is 0 Å². The molecule has 1 aliphatic rings. The number of hydrogen-bond donors (Lipinski definition) is 1. The fourth-order valence-corrected chi connectivity index (χ4v) is 2.16. The average molecular weight is 197 g/mol. The summed E-state index contributed by atoms with van der Waals surface area (Å²) in [6.07, 6.45) is 6.36. The van der Waals surface area contributed by atoms with Gasteiger partial charge in [-0.05, 0) is 46.2 Å². The Morgan fingerprint density at radius 1 is 1.43 bits per heavy atom. The van der Waals surface area contributed by atoms with E-state index in [9.17, 15) is 5.11 Å². The Balaban J connectivity index is 2.52. The van der Waals surface area contributed by atoms with Crippen molar-refractivity contribution in [2.45, 2.75) is 51.2 Å². The van der Waals surface area contributed by atoms with E-state index >= 15 is 0 Å². The van der Waals surface area contributed by atoms with Crippen LogP contribution in [0, 0.1) is 0 Å². The lowest BCUT2D eigenvalue weighted by Crippen LogP contribution is -2.50. The predicted octanol–water partition coefficient (Wildman–Crippen LogP) is 2.19. The first-order valence-electron chi connectivity index (χ1n) is 5.65. The highest BCUT2D eigenvalue weighted by Gasteiger charge is 2.31. The van der Waals surface area contributed by atoms with Gasteiger partial charge in [-0.15, -0.1) is 6.58 Å². The molecule has 0 unspecified atom stereocenters. The molecular formula is C12H23NO. The van der Waals surface area contributed by atoms with Gasteiger partial charge in [-0.1, -0.05) is 12.5 Å². The molecule has 2 heteroatoms. The van der Waals surface area contributed by atoms with Crippen LogP contribution in [-0.2, 0) is 0 Å². The maximum Gasteiger partial charge on any atom is 0.0805 e. The normalized spacial score (nSPS) is 25.4. The summed E-state index contributed by atoms with van der Waals surface area (Å²) in [5, 5.41) is 10.2. The van der Waals surface area contributed by atoms with E-state index in [4.69, 9.17) is 0 Å². The van der Waals surface area contributed by atoms with Gasteiger partial charge in [-0.3, -0.25) is 4.90 Å². The zero-order valence-corrected chi connectivity index (χ0v) is 9.50. The van der Waals surface area contributed by atoms with Gasteiger partial charge in [0, 0.05) is 6.04 Å². The second kappa shape index (κ2) is 4.94. The molecule has 14 heavy (non-hydrogen) atoms. The van der Waals surface area contributed by atoms with E-state index in [1.807, 2.05) is 6.92 Å². The van der Waals surface area contributed by atoms with Crippen molar-refractivity contribution in [3.8, 4) is 0 Å². The summed E-state index contributed by atoms with van der Waals surface area (Å²) in [5.41, 5.74) is -0.626. The molecule has 1 heterocycles. The largest absolute Gasteiger partial charge is 0.388 e. The Morgan fingerprint density at radius 2 is 2.00 bits per heavy atom. The van der Waals surface area contributed by atoms with E-state index in [1.54, 1.807) is 6.08 Å². The quantitative estimate of drug-likeness (QED) is 0.698. The summed E-state index contributed by atoms with van der Waals surface area (Å²) >= 11 is 0. The summed E-state index contributed by atoms with van der Waals surface area (Å²) < 4.78 is 0. The van der Waals surface area contributed by atoms with Gasteiger partial charge in [0.2, 0.25) is 0 Å². The topological polar surface area (TPSA) is 23.5 Å². The number of aliphatic hydroxyl groups is 1. The van der Waals surface area contributed by atoms with Gasteiger partial charge < -0.3 is 5.11 Å². The summed E-state index contributed by atoms with van der Waals surface area (Å²) in [7, 11) is 0. The van der Waals surface area contributed by atoms with Crippen LogP contribution >= 0.6 is 0 Å². The summed E-state index contributed by atoms with van der Waals surface area (Å²) in [5.74, 6) is 0. The molecule has 2 atom stereocenters. The molecule has 0 saturated carbocycles. The van der Waals surface area contributed by atoms with Crippen molar-refractivity contribution < 1.29 is 5.11 Å². The molecule has 1 N–H and O–H groups in total. The highest BCUT2D eigenvalue weighted by Crippen LogP contribution is 2.23. The molecule has 2 nitrogen and oxygen atoms in total. The molecule has 1 aliphatic heterocycles. The molecule has 0 spiro atoms. The van der Waals surface area contributed by atoms with Gasteiger partial charge in [0.15, 0.2) is 0 Å². The maximum atomic E-state index is 10.2. The van der Waals surface area contributed by atoms with Crippen molar-refractivity contribution in [2.75, 3.05) is 13.1 Å². The first kappa shape index (κ1) is 11.7. The number of likely N-dealkylation sites (tertiary alicyclic amines) is 1. The SMILES string of the molecule is C=CC[C@](C)(O)[C@@H](C)N1CCCCC1. The van der Waals surface area contributed by atoms with Crippen LogP contribution in [-0.4, -0.2) is 34.7 Å². The molecule has 1 saturated heterocycles.